The number of amides is 1. The second-order valence-electron chi connectivity index (χ2n) is 7.71. The van der Waals surface area contributed by atoms with Crippen molar-refractivity contribution in [2.75, 3.05) is 34.4 Å². The third-order valence-corrected chi connectivity index (χ3v) is 7.68. The van der Waals surface area contributed by atoms with Gasteiger partial charge in [0.25, 0.3) is 11.7 Å². The molecule has 33 heavy (non-hydrogen) atoms. The van der Waals surface area contributed by atoms with Gasteiger partial charge in [0.05, 0.1) is 16.5 Å². The van der Waals surface area contributed by atoms with Gasteiger partial charge in [-0.2, -0.15) is 0 Å². The molecule has 0 saturated carbocycles. The van der Waals surface area contributed by atoms with Crippen molar-refractivity contribution in [1.29, 1.82) is 0 Å². The molecule has 0 spiro atoms. The maximum Gasteiger partial charge on any atom is 0.295 e. The van der Waals surface area contributed by atoms with Crippen molar-refractivity contribution in [2.24, 2.45) is 0 Å². The smallest absolute Gasteiger partial charge is 0.295 e. The minimum absolute atomic E-state index is 0.0428. The second kappa shape index (κ2) is 10.2. The summed E-state index contributed by atoms with van der Waals surface area (Å²) in [6, 6.07) is 11.9. The number of likely N-dealkylation sites (tertiary alicyclic amines) is 1. The van der Waals surface area contributed by atoms with Gasteiger partial charge < -0.3 is 14.7 Å². The summed E-state index contributed by atoms with van der Waals surface area (Å²) < 4.78 is 31.6. The molecule has 0 unspecified atom stereocenters. The summed E-state index contributed by atoms with van der Waals surface area (Å²) in [6.45, 7) is 0.683. The number of methoxy groups -OCH3 is 1. The SMILES string of the molecule is COCCCN1C(=O)C(=O)/C(=C(/O)c2ccc(S(=O)(=O)N(C)C)cc2)[C@H]1c1cccc(Br)c1. The third-order valence-electron chi connectivity index (χ3n) is 5.36. The summed E-state index contributed by atoms with van der Waals surface area (Å²) in [4.78, 5) is 27.3. The number of aliphatic hydroxyl groups excluding tert-OH is 1. The summed E-state index contributed by atoms with van der Waals surface area (Å²) in [5.41, 5.74) is 0.857. The van der Waals surface area contributed by atoms with Crippen LogP contribution in [-0.4, -0.2) is 68.8 Å². The van der Waals surface area contributed by atoms with E-state index in [0.29, 0.717) is 18.6 Å². The molecule has 2 aromatic rings. The maximum absolute atomic E-state index is 13.0. The molecule has 3 rings (SSSR count). The molecular weight excluding hydrogens is 512 g/mol. The van der Waals surface area contributed by atoms with Crippen LogP contribution in [0.3, 0.4) is 0 Å². The summed E-state index contributed by atoms with van der Waals surface area (Å²) in [6.07, 6.45) is 0.519. The minimum atomic E-state index is -3.65. The van der Waals surface area contributed by atoms with Crippen LogP contribution in [-0.2, 0) is 24.3 Å². The monoisotopic (exact) mass is 536 g/mol. The Labute approximate surface area is 201 Å². The van der Waals surface area contributed by atoms with Crippen molar-refractivity contribution >= 4 is 43.4 Å². The average Bonchev–Trinajstić information content (AvgIpc) is 3.03. The number of Topliss-reactive ketones (excluding diaryl/α,β-unsaturated/α-hetero) is 1. The normalized spacial score (nSPS) is 18.3. The van der Waals surface area contributed by atoms with Crippen LogP contribution >= 0.6 is 15.9 Å². The molecule has 176 valence electrons. The lowest BCUT2D eigenvalue weighted by Gasteiger charge is -2.25. The Hall–Kier alpha value is -2.53. The highest BCUT2D eigenvalue weighted by Gasteiger charge is 2.45. The molecule has 1 N–H and O–H groups in total. The average molecular weight is 537 g/mol. The van der Waals surface area contributed by atoms with E-state index in [4.69, 9.17) is 4.74 Å². The predicted octanol–water partition coefficient (Wildman–Crippen LogP) is 3.16. The van der Waals surface area contributed by atoms with Crippen LogP contribution in [0.1, 0.15) is 23.6 Å². The lowest BCUT2D eigenvalue weighted by molar-refractivity contribution is -0.140. The zero-order chi connectivity index (χ0) is 24.3. The summed E-state index contributed by atoms with van der Waals surface area (Å²) in [5.74, 6) is -1.86. The summed E-state index contributed by atoms with van der Waals surface area (Å²) in [5, 5.41) is 11.1. The molecule has 0 aliphatic carbocycles. The van der Waals surface area contributed by atoms with Crippen molar-refractivity contribution < 1.29 is 27.9 Å². The highest BCUT2D eigenvalue weighted by atomic mass is 79.9. The number of carbonyl (C=O) groups is 2. The Kier molecular flexibility index (Phi) is 7.73. The molecule has 0 radical (unpaired) electrons. The molecular formula is C23H25BrN2O6S. The van der Waals surface area contributed by atoms with Gasteiger partial charge in [-0.1, -0.05) is 28.1 Å². The topological polar surface area (TPSA) is 104 Å². The van der Waals surface area contributed by atoms with E-state index in [-0.39, 0.29) is 28.3 Å². The molecule has 1 fully saturated rings. The van der Waals surface area contributed by atoms with Crippen LogP contribution in [0, 0.1) is 0 Å². The largest absolute Gasteiger partial charge is 0.507 e. The Morgan fingerprint density at radius 1 is 1.15 bits per heavy atom. The fourth-order valence-corrected chi connectivity index (χ4v) is 4.98. The molecule has 1 aliphatic heterocycles. The molecule has 10 heteroatoms. The van der Waals surface area contributed by atoms with Crippen molar-refractivity contribution in [3.05, 3.63) is 69.7 Å². The molecule has 1 heterocycles. The molecule has 1 saturated heterocycles. The summed E-state index contributed by atoms with van der Waals surface area (Å²) >= 11 is 3.42. The van der Waals surface area contributed by atoms with E-state index >= 15 is 0 Å². The number of ketones is 1. The number of benzene rings is 2. The Bertz CT molecular complexity index is 1190. The minimum Gasteiger partial charge on any atom is -0.507 e. The number of ether oxygens (including phenoxy) is 1. The van der Waals surface area contributed by atoms with Gasteiger partial charge in [-0.3, -0.25) is 9.59 Å². The standard InChI is InChI=1S/C23H25BrN2O6S/c1-25(2)33(30,31)18-10-8-15(9-11-18)21(27)19-20(16-6-4-7-17(24)14-16)26(12-5-13-32-3)23(29)22(19)28/h4,6-11,14,20,27H,5,12-13H2,1-3H3/b21-19+/t20-/m1/s1. The zero-order valence-electron chi connectivity index (χ0n) is 18.5. The van der Waals surface area contributed by atoms with Gasteiger partial charge in [0.15, 0.2) is 0 Å². The fourth-order valence-electron chi connectivity index (χ4n) is 3.66. The van der Waals surface area contributed by atoms with E-state index in [1.54, 1.807) is 25.3 Å². The highest BCUT2D eigenvalue weighted by Crippen LogP contribution is 2.40. The molecule has 1 atom stereocenters. The number of hydrogen-bond acceptors (Lipinski definition) is 6. The van der Waals surface area contributed by atoms with Crippen LogP contribution in [0.2, 0.25) is 0 Å². The molecule has 0 aromatic heterocycles. The maximum atomic E-state index is 13.0. The van der Waals surface area contributed by atoms with Crippen molar-refractivity contribution in [2.45, 2.75) is 17.4 Å². The van der Waals surface area contributed by atoms with E-state index in [1.165, 1.54) is 43.3 Å². The van der Waals surface area contributed by atoms with Gasteiger partial charge in [-0.15, -0.1) is 0 Å². The Morgan fingerprint density at radius 2 is 1.82 bits per heavy atom. The molecule has 0 bridgehead atoms. The van der Waals surface area contributed by atoms with Crippen molar-refractivity contribution in [3.8, 4) is 0 Å². The van der Waals surface area contributed by atoms with E-state index in [9.17, 15) is 23.1 Å². The molecule has 1 aliphatic rings. The number of halogens is 1. The van der Waals surface area contributed by atoms with Gasteiger partial charge in [-0.25, -0.2) is 12.7 Å². The third kappa shape index (κ3) is 5.03. The van der Waals surface area contributed by atoms with Crippen molar-refractivity contribution in [3.63, 3.8) is 0 Å². The highest BCUT2D eigenvalue weighted by molar-refractivity contribution is 9.10. The van der Waals surface area contributed by atoms with E-state index < -0.39 is 27.8 Å². The van der Waals surface area contributed by atoms with Crippen molar-refractivity contribution in [1.82, 2.24) is 9.21 Å². The lowest BCUT2D eigenvalue weighted by atomic mass is 9.95. The first-order valence-electron chi connectivity index (χ1n) is 10.2. The number of rotatable bonds is 8. The first-order valence-corrected chi connectivity index (χ1v) is 12.4. The van der Waals surface area contributed by atoms with Gasteiger partial charge in [0, 0.05) is 44.4 Å². The van der Waals surface area contributed by atoms with Gasteiger partial charge >= 0.3 is 0 Å². The first-order chi connectivity index (χ1) is 15.6. The second-order valence-corrected chi connectivity index (χ2v) is 10.8. The first kappa shape index (κ1) is 25.1. The molecule has 8 nitrogen and oxygen atoms in total. The lowest BCUT2D eigenvalue weighted by Crippen LogP contribution is -2.31. The number of nitrogens with zero attached hydrogens (tertiary/aromatic N) is 2. The van der Waals surface area contributed by atoms with E-state index in [2.05, 4.69) is 15.9 Å². The molecule has 1 amide bonds. The number of hydrogen-bond donors (Lipinski definition) is 1. The Balaban J connectivity index is 2.10. The van der Waals surface area contributed by atoms with E-state index in [1.807, 2.05) is 6.07 Å². The fraction of sp³-hybridized carbons (Fsp3) is 0.304. The predicted molar refractivity (Wildman–Crippen MR) is 127 cm³/mol. The molecule has 2 aromatic carbocycles. The number of sulfonamides is 1. The van der Waals surface area contributed by atoms with Crippen LogP contribution in [0.25, 0.3) is 5.76 Å². The Morgan fingerprint density at radius 3 is 2.39 bits per heavy atom. The van der Waals surface area contributed by atoms with Crippen LogP contribution in [0.15, 0.2) is 63.5 Å². The van der Waals surface area contributed by atoms with Crippen LogP contribution in [0.5, 0.6) is 0 Å². The van der Waals surface area contributed by atoms with Gasteiger partial charge in [0.1, 0.15) is 5.76 Å². The van der Waals surface area contributed by atoms with E-state index in [0.717, 1.165) is 8.78 Å². The number of carbonyl (C=O) groups excluding carboxylic acids is 2. The van der Waals surface area contributed by atoms with Gasteiger partial charge in [0.2, 0.25) is 10.0 Å². The summed E-state index contributed by atoms with van der Waals surface area (Å²) in [7, 11) is 0.753. The van der Waals surface area contributed by atoms with Crippen LogP contribution in [0.4, 0.5) is 0 Å². The quantitative estimate of drug-likeness (QED) is 0.240. The van der Waals surface area contributed by atoms with Gasteiger partial charge in [-0.05, 0) is 48.4 Å². The number of aliphatic hydroxyl groups is 1. The van der Waals surface area contributed by atoms with Crippen LogP contribution < -0.4 is 0 Å². The zero-order valence-corrected chi connectivity index (χ0v) is 20.9.